The first-order chi connectivity index (χ1) is 12.5. The fraction of sp³-hybridized carbons (Fsp3) is 0.300. The standard InChI is InChI=1S/C20H21BrN2O3/c21-15-7-9-16(10-8-15)22-19(26)20(11-2-1-3-12-20)23-18(25)14-5-4-6-17(24)13-14/h4-10,13,24H,1-3,11-12H2,(H,22,26)(H,23,25). The molecule has 3 rings (SSSR count). The molecule has 1 saturated carbocycles. The van der Waals surface area contributed by atoms with Crippen LogP contribution in [0.4, 0.5) is 5.69 Å². The third-order valence-corrected chi connectivity index (χ3v) is 5.23. The van der Waals surface area contributed by atoms with E-state index < -0.39 is 5.54 Å². The second-order valence-electron chi connectivity index (χ2n) is 6.61. The van der Waals surface area contributed by atoms with Gasteiger partial charge in [-0.2, -0.15) is 0 Å². The fourth-order valence-electron chi connectivity index (χ4n) is 3.28. The average Bonchev–Trinajstić information content (AvgIpc) is 2.64. The Morgan fingerprint density at radius 1 is 1.00 bits per heavy atom. The summed E-state index contributed by atoms with van der Waals surface area (Å²) >= 11 is 3.37. The topological polar surface area (TPSA) is 78.4 Å². The molecule has 0 heterocycles. The molecular formula is C20H21BrN2O3. The van der Waals surface area contributed by atoms with Crippen LogP contribution in [0.1, 0.15) is 42.5 Å². The number of rotatable bonds is 4. The number of carbonyl (C=O) groups is 2. The molecule has 2 amide bonds. The minimum absolute atomic E-state index is 0.0228. The van der Waals surface area contributed by atoms with E-state index >= 15 is 0 Å². The van der Waals surface area contributed by atoms with E-state index in [0.29, 0.717) is 24.1 Å². The van der Waals surface area contributed by atoms with E-state index in [0.717, 1.165) is 23.7 Å². The zero-order chi connectivity index (χ0) is 18.6. The van der Waals surface area contributed by atoms with Crippen LogP contribution in [0.3, 0.4) is 0 Å². The summed E-state index contributed by atoms with van der Waals surface area (Å²) in [6, 6.07) is 13.5. The summed E-state index contributed by atoms with van der Waals surface area (Å²) < 4.78 is 0.931. The molecule has 3 N–H and O–H groups in total. The summed E-state index contributed by atoms with van der Waals surface area (Å²) in [4.78, 5) is 25.7. The molecule has 0 atom stereocenters. The van der Waals surface area contributed by atoms with Crippen LogP contribution >= 0.6 is 15.9 Å². The lowest BCUT2D eigenvalue weighted by atomic mass is 9.80. The molecule has 1 aliphatic carbocycles. The Morgan fingerprint density at radius 2 is 1.69 bits per heavy atom. The summed E-state index contributed by atoms with van der Waals surface area (Å²) in [7, 11) is 0. The van der Waals surface area contributed by atoms with Crippen molar-refractivity contribution in [2.24, 2.45) is 0 Å². The van der Waals surface area contributed by atoms with Crippen LogP contribution in [-0.4, -0.2) is 22.5 Å². The van der Waals surface area contributed by atoms with Crippen LogP contribution in [0, 0.1) is 0 Å². The third kappa shape index (κ3) is 4.25. The van der Waals surface area contributed by atoms with Crippen LogP contribution in [0.25, 0.3) is 0 Å². The van der Waals surface area contributed by atoms with Crippen LogP contribution in [0.2, 0.25) is 0 Å². The molecule has 6 heteroatoms. The molecule has 1 fully saturated rings. The van der Waals surface area contributed by atoms with Gasteiger partial charge in [0.1, 0.15) is 11.3 Å². The number of halogens is 1. The van der Waals surface area contributed by atoms with Gasteiger partial charge < -0.3 is 15.7 Å². The number of anilines is 1. The summed E-state index contributed by atoms with van der Waals surface area (Å²) in [6.07, 6.45) is 4.01. The monoisotopic (exact) mass is 416 g/mol. The third-order valence-electron chi connectivity index (χ3n) is 4.70. The first-order valence-electron chi connectivity index (χ1n) is 8.67. The van der Waals surface area contributed by atoms with E-state index in [2.05, 4.69) is 26.6 Å². The highest BCUT2D eigenvalue weighted by atomic mass is 79.9. The minimum atomic E-state index is -0.937. The molecule has 0 spiro atoms. The number of carbonyl (C=O) groups excluding carboxylic acids is 2. The summed E-state index contributed by atoms with van der Waals surface area (Å²) in [6.45, 7) is 0. The second kappa shape index (κ2) is 7.91. The molecule has 0 saturated heterocycles. The molecular weight excluding hydrogens is 396 g/mol. The minimum Gasteiger partial charge on any atom is -0.508 e. The van der Waals surface area contributed by atoms with Gasteiger partial charge in [0.05, 0.1) is 0 Å². The van der Waals surface area contributed by atoms with E-state index in [-0.39, 0.29) is 17.6 Å². The normalized spacial score (nSPS) is 15.9. The van der Waals surface area contributed by atoms with Crippen molar-refractivity contribution in [3.05, 3.63) is 58.6 Å². The molecule has 0 aromatic heterocycles. The van der Waals surface area contributed by atoms with E-state index in [1.54, 1.807) is 12.1 Å². The molecule has 1 aliphatic rings. The van der Waals surface area contributed by atoms with Gasteiger partial charge in [0.2, 0.25) is 5.91 Å². The maximum absolute atomic E-state index is 13.0. The van der Waals surface area contributed by atoms with Gasteiger partial charge in [0.25, 0.3) is 5.91 Å². The number of nitrogens with one attached hydrogen (secondary N) is 2. The highest BCUT2D eigenvalue weighted by molar-refractivity contribution is 9.10. The Kier molecular flexibility index (Phi) is 5.61. The molecule has 0 bridgehead atoms. The Hall–Kier alpha value is -2.34. The molecule has 136 valence electrons. The van der Waals surface area contributed by atoms with Crippen molar-refractivity contribution in [1.29, 1.82) is 0 Å². The van der Waals surface area contributed by atoms with E-state index in [4.69, 9.17) is 0 Å². The van der Waals surface area contributed by atoms with Gasteiger partial charge in [-0.05, 0) is 55.3 Å². The van der Waals surface area contributed by atoms with Gasteiger partial charge in [-0.1, -0.05) is 41.3 Å². The largest absolute Gasteiger partial charge is 0.508 e. The van der Waals surface area contributed by atoms with Crippen molar-refractivity contribution in [2.45, 2.75) is 37.6 Å². The van der Waals surface area contributed by atoms with Crippen LogP contribution < -0.4 is 10.6 Å². The lowest BCUT2D eigenvalue weighted by Crippen LogP contribution is -2.57. The molecule has 5 nitrogen and oxygen atoms in total. The quantitative estimate of drug-likeness (QED) is 0.697. The Bertz CT molecular complexity index is 799. The number of hydrogen-bond acceptors (Lipinski definition) is 3. The van der Waals surface area contributed by atoms with E-state index in [1.165, 1.54) is 12.1 Å². The van der Waals surface area contributed by atoms with Gasteiger partial charge in [-0.15, -0.1) is 0 Å². The van der Waals surface area contributed by atoms with Crippen molar-refractivity contribution in [1.82, 2.24) is 5.32 Å². The first-order valence-corrected chi connectivity index (χ1v) is 9.46. The van der Waals surface area contributed by atoms with E-state index in [9.17, 15) is 14.7 Å². The highest BCUT2D eigenvalue weighted by Crippen LogP contribution is 2.30. The van der Waals surface area contributed by atoms with E-state index in [1.807, 2.05) is 24.3 Å². The molecule has 0 unspecified atom stereocenters. The zero-order valence-corrected chi connectivity index (χ0v) is 15.9. The lowest BCUT2D eigenvalue weighted by Gasteiger charge is -2.36. The Morgan fingerprint density at radius 3 is 2.35 bits per heavy atom. The van der Waals surface area contributed by atoms with Crippen molar-refractivity contribution >= 4 is 33.4 Å². The number of hydrogen-bond donors (Lipinski definition) is 3. The van der Waals surface area contributed by atoms with Crippen LogP contribution in [-0.2, 0) is 4.79 Å². The maximum atomic E-state index is 13.0. The predicted molar refractivity (Wildman–Crippen MR) is 104 cm³/mol. The lowest BCUT2D eigenvalue weighted by molar-refractivity contribution is -0.123. The van der Waals surface area contributed by atoms with Crippen molar-refractivity contribution in [3.8, 4) is 5.75 Å². The number of phenolic OH excluding ortho intramolecular Hbond substituents is 1. The van der Waals surface area contributed by atoms with Gasteiger partial charge >= 0.3 is 0 Å². The number of amides is 2. The van der Waals surface area contributed by atoms with Crippen molar-refractivity contribution in [2.75, 3.05) is 5.32 Å². The zero-order valence-electron chi connectivity index (χ0n) is 14.3. The highest BCUT2D eigenvalue weighted by Gasteiger charge is 2.41. The molecule has 0 radical (unpaired) electrons. The smallest absolute Gasteiger partial charge is 0.252 e. The first kappa shape index (κ1) is 18.5. The molecule has 2 aromatic carbocycles. The van der Waals surface area contributed by atoms with Crippen LogP contribution in [0.15, 0.2) is 53.0 Å². The predicted octanol–water partition coefficient (Wildman–Crippen LogP) is 4.23. The SMILES string of the molecule is O=C(NC1(C(=O)Nc2ccc(Br)cc2)CCCCC1)c1cccc(O)c1. The van der Waals surface area contributed by atoms with Gasteiger partial charge in [-0.3, -0.25) is 9.59 Å². The second-order valence-corrected chi connectivity index (χ2v) is 7.52. The van der Waals surface area contributed by atoms with Crippen molar-refractivity contribution in [3.63, 3.8) is 0 Å². The number of aromatic hydroxyl groups is 1. The van der Waals surface area contributed by atoms with Gasteiger partial charge in [-0.25, -0.2) is 0 Å². The summed E-state index contributed by atoms with van der Waals surface area (Å²) in [5.74, 6) is -0.531. The summed E-state index contributed by atoms with van der Waals surface area (Å²) in [5, 5.41) is 15.5. The Balaban J connectivity index is 1.80. The summed E-state index contributed by atoms with van der Waals surface area (Å²) in [5.41, 5.74) is 0.0922. The number of benzene rings is 2. The molecule has 0 aliphatic heterocycles. The Labute approximate surface area is 160 Å². The number of phenols is 1. The molecule has 26 heavy (non-hydrogen) atoms. The van der Waals surface area contributed by atoms with Crippen molar-refractivity contribution < 1.29 is 14.7 Å². The average molecular weight is 417 g/mol. The molecule has 2 aromatic rings. The van der Waals surface area contributed by atoms with Gasteiger partial charge in [0.15, 0.2) is 0 Å². The maximum Gasteiger partial charge on any atom is 0.252 e. The van der Waals surface area contributed by atoms with Crippen LogP contribution in [0.5, 0.6) is 5.75 Å². The van der Waals surface area contributed by atoms with Gasteiger partial charge in [0, 0.05) is 15.7 Å². The fourth-order valence-corrected chi connectivity index (χ4v) is 3.55.